The van der Waals surface area contributed by atoms with Crippen molar-refractivity contribution >= 4 is 21.8 Å². The van der Waals surface area contributed by atoms with Crippen LogP contribution >= 0.6 is 15.9 Å². The van der Waals surface area contributed by atoms with E-state index in [2.05, 4.69) is 50.5 Å². The van der Waals surface area contributed by atoms with Gasteiger partial charge in [0.15, 0.2) is 11.6 Å². The molecule has 3 rings (SSSR count). The van der Waals surface area contributed by atoms with Crippen molar-refractivity contribution in [2.45, 2.75) is 5.33 Å². The molecule has 0 fully saturated rings. The number of carbonyl (C=O) groups is 1. The summed E-state index contributed by atoms with van der Waals surface area (Å²) in [4.78, 5) is 10.4. The molecule has 1 amide bonds. The van der Waals surface area contributed by atoms with Crippen LogP contribution in [0.1, 0.15) is 15.9 Å². The summed E-state index contributed by atoms with van der Waals surface area (Å²) in [5.74, 6) is -4.47. The van der Waals surface area contributed by atoms with E-state index in [-0.39, 0.29) is 0 Å². The number of benzene rings is 2. The van der Waals surface area contributed by atoms with Gasteiger partial charge < -0.3 is 15.4 Å². The van der Waals surface area contributed by atoms with E-state index in [0.29, 0.717) is 0 Å². The summed E-state index contributed by atoms with van der Waals surface area (Å²) in [5, 5.41) is 9.63. The molecule has 3 aromatic rings. The minimum atomic E-state index is -1.33. The number of phenolic OH excluding ortho intramolecular Hbond substituents is 1. The van der Waals surface area contributed by atoms with Crippen LogP contribution in [-0.2, 0) is 5.33 Å². The van der Waals surface area contributed by atoms with Crippen molar-refractivity contribution in [2.24, 2.45) is 5.73 Å². The quantitative estimate of drug-likeness (QED) is 0.639. The number of primary amides is 1. The predicted octanol–water partition coefficient (Wildman–Crippen LogP) is 4.14. The van der Waals surface area contributed by atoms with Crippen LogP contribution in [0.5, 0.6) is 5.75 Å². The number of carbonyl (C=O) groups excluding carboxylic acids is 1. The number of halogens is 3. The largest absolute Gasteiger partial charge is 0.505 e. The smallest absolute Gasteiger partial charge is 0.254 e. The highest BCUT2D eigenvalue weighted by Crippen LogP contribution is 2.21. The predicted molar refractivity (Wildman–Crippen MR) is 94.9 cm³/mol. The molecule has 7 heteroatoms. The van der Waals surface area contributed by atoms with Crippen molar-refractivity contribution in [3.05, 3.63) is 83.7 Å². The first kappa shape index (κ1) is 18.7. The lowest BCUT2D eigenvalue weighted by Crippen LogP contribution is -2.15. The summed E-state index contributed by atoms with van der Waals surface area (Å²) in [6.07, 6.45) is 4.10. The monoisotopic (exact) mass is 408 g/mol. The number of hydrogen-bond acceptors (Lipinski definition) is 2. The lowest BCUT2D eigenvalue weighted by molar-refractivity contribution is 0.0991. The summed E-state index contributed by atoms with van der Waals surface area (Å²) in [7, 11) is 0. The molecule has 0 radical (unpaired) electrons. The van der Waals surface area contributed by atoms with Gasteiger partial charge in [0, 0.05) is 23.4 Å². The van der Waals surface area contributed by atoms with E-state index in [1.807, 2.05) is 24.5 Å². The fourth-order valence-electron chi connectivity index (χ4n) is 2.07. The van der Waals surface area contributed by atoms with Gasteiger partial charge in [-0.15, -0.1) is 0 Å². The first-order valence-corrected chi connectivity index (χ1v) is 8.31. The maximum Gasteiger partial charge on any atom is 0.254 e. The van der Waals surface area contributed by atoms with Crippen LogP contribution in [0.15, 0.2) is 60.9 Å². The Bertz CT molecular complexity index is 868. The van der Waals surface area contributed by atoms with E-state index in [0.717, 1.165) is 17.5 Å². The molecule has 0 saturated carbocycles. The molecule has 1 heterocycles. The van der Waals surface area contributed by atoms with Crippen LogP contribution in [0.4, 0.5) is 8.78 Å². The van der Waals surface area contributed by atoms with Crippen molar-refractivity contribution in [1.29, 1.82) is 0 Å². The Morgan fingerprint density at radius 1 is 1.12 bits per heavy atom. The highest BCUT2D eigenvalue weighted by molar-refractivity contribution is 9.08. The maximum absolute atomic E-state index is 12.7. The van der Waals surface area contributed by atoms with Gasteiger partial charge >= 0.3 is 0 Å². The molecule has 4 nitrogen and oxygen atoms in total. The van der Waals surface area contributed by atoms with Crippen LogP contribution in [0.2, 0.25) is 0 Å². The first-order valence-electron chi connectivity index (χ1n) is 7.19. The van der Waals surface area contributed by atoms with Crippen molar-refractivity contribution in [3.63, 3.8) is 0 Å². The third-order valence-electron chi connectivity index (χ3n) is 3.28. The lowest BCUT2D eigenvalue weighted by atomic mass is 10.2. The van der Waals surface area contributed by atoms with Gasteiger partial charge in [0.05, 0.1) is 0 Å². The molecule has 2 aromatic carbocycles. The van der Waals surface area contributed by atoms with Crippen molar-refractivity contribution in [2.75, 3.05) is 0 Å². The Morgan fingerprint density at radius 3 is 2.36 bits per heavy atom. The van der Waals surface area contributed by atoms with Crippen LogP contribution in [-0.4, -0.2) is 15.6 Å². The van der Waals surface area contributed by atoms with Crippen LogP contribution in [0, 0.1) is 11.6 Å². The number of alkyl halides is 1. The fourth-order valence-corrected chi connectivity index (χ4v) is 2.42. The molecule has 0 unspecified atom stereocenters. The Hall–Kier alpha value is -2.67. The van der Waals surface area contributed by atoms with E-state index in [9.17, 15) is 13.6 Å². The second-order valence-electron chi connectivity index (χ2n) is 5.01. The number of hydrogen-bond donors (Lipinski definition) is 2. The molecular formula is C18H15BrF2N2O2. The Kier molecular flexibility index (Phi) is 6.30. The molecule has 25 heavy (non-hydrogen) atoms. The fraction of sp³-hybridized carbons (Fsp3) is 0.0556. The third-order valence-corrected chi connectivity index (χ3v) is 3.93. The zero-order valence-electron chi connectivity index (χ0n) is 13.0. The van der Waals surface area contributed by atoms with Gasteiger partial charge in [0.25, 0.3) is 5.91 Å². The van der Waals surface area contributed by atoms with Gasteiger partial charge in [-0.25, -0.2) is 8.78 Å². The van der Waals surface area contributed by atoms with E-state index in [1.54, 1.807) is 0 Å². The zero-order chi connectivity index (χ0) is 18.4. The molecule has 0 bridgehead atoms. The highest BCUT2D eigenvalue weighted by Gasteiger charge is 2.17. The summed E-state index contributed by atoms with van der Waals surface area (Å²) in [6, 6.07) is 14.1. The number of phenols is 1. The molecule has 0 aliphatic heterocycles. The van der Waals surface area contributed by atoms with Crippen molar-refractivity contribution < 1.29 is 18.7 Å². The van der Waals surface area contributed by atoms with Gasteiger partial charge in [-0.3, -0.25) is 4.79 Å². The Morgan fingerprint density at radius 2 is 1.80 bits per heavy atom. The molecule has 0 atom stereocenters. The maximum atomic E-state index is 12.7. The van der Waals surface area contributed by atoms with E-state index in [1.165, 1.54) is 11.3 Å². The number of aromatic hydroxyl groups is 1. The van der Waals surface area contributed by atoms with Crippen LogP contribution < -0.4 is 5.73 Å². The first-order chi connectivity index (χ1) is 11.9. The van der Waals surface area contributed by atoms with Gasteiger partial charge in [-0.2, -0.15) is 0 Å². The zero-order valence-corrected chi connectivity index (χ0v) is 14.6. The standard InChI is InChI=1S/C11H10BrN.C7H5F2NO2/c12-9-10-4-3-5-11(8-10)13-6-1-2-7-13;8-3-1-2-4(11)6(9)5(3)7(10)12/h1-8H,9H2;1-2,11H,(H2,10,12). The Balaban J connectivity index is 0.000000181. The second-order valence-corrected chi connectivity index (χ2v) is 5.57. The molecule has 0 aliphatic rings. The molecule has 0 aliphatic carbocycles. The van der Waals surface area contributed by atoms with Gasteiger partial charge in [0.1, 0.15) is 11.4 Å². The SMILES string of the molecule is BrCc1cccc(-n2cccc2)c1.NC(=O)c1c(F)ccc(O)c1F. The number of nitrogens with two attached hydrogens (primary N) is 1. The Labute approximate surface area is 151 Å². The molecule has 130 valence electrons. The van der Waals surface area contributed by atoms with Crippen LogP contribution in [0.25, 0.3) is 5.69 Å². The van der Waals surface area contributed by atoms with Crippen molar-refractivity contribution in [3.8, 4) is 11.4 Å². The molecule has 0 saturated heterocycles. The normalized spacial score (nSPS) is 10.0. The second kappa shape index (κ2) is 8.43. The highest BCUT2D eigenvalue weighted by atomic mass is 79.9. The number of amides is 1. The minimum absolute atomic E-state index is 0.762. The van der Waals surface area contributed by atoms with Crippen molar-refractivity contribution in [1.82, 2.24) is 4.57 Å². The van der Waals surface area contributed by atoms with Gasteiger partial charge in [-0.05, 0) is 42.0 Å². The average Bonchev–Trinajstić information content (AvgIpc) is 3.13. The lowest BCUT2D eigenvalue weighted by Gasteiger charge is -2.03. The molecule has 0 spiro atoms. The van der Waals surface area contributed by atoms with Gasteiger partial charge in [0.2, 0.25) is 0 Å². The van der Waals surface area contributed by atoms with E-state index < -0.39 is 28.9 Å². The number of rotatable bonds is 3. The van der Waals surface area contributed by atoms with E-state index in [4.69, 9.17) is 5.11 Å². The minimum Gasteiger partial charge on any atom is -0.505 e. The van der Waals surface area contributed by atoms with Gasteiger partial charge in [-0.1, -0.05) is 28.1 Å². The molecular weight excluding hydrogens is 394 g/mol. The summed E-state index contributed by atoms with van der Waals surface area (Å²) in [5.41, 5.74) is 6.24. The molecule has 3 N–H and O–H groups in total. The number of nitrogens with zero attached hydrogens (tertiary/aromatic N) is 1. The number of aromatic nitrogens is 1. The van der Waals surface area contributed by atoms with Crippen LogP contribution in [0.3, 0.4) is 0 Å². The average molecular weight is 409 g/mol. The summed E-state index contributed by atoms with van der Waals surface area (Å²) >= 11 is 3.45. The summed E-state index contributed by atoms with van der Waals surface area (Å²) in [6.45, 7) is 0. The van der Waals surface area contributed by atoms with E-state index >= 15 is 0 Å². The molecule has 1 aromatic heterocycles. The summed E-state index contributed by atoms with van der Waals surface area (Å²) < 4.78 is 27.5. The topological polar surface area (TPSA) is 68.2 Å². The third kappa shape index (κ3) is 4.67.